The average Bonchev–Trinajstić information content (AvgIpc) is 2.71. The molecule has 0 spiro atoms. The van der Waals surface area contributed by atoms with Gasteiger partial charge < -0.3 is 10.5 Å². The van der Waals surface area contributed by atoms with Crippen LogP contribution >= 0.6 is 11.3 Å². The van der Waals surface area contributed by atoms with E-state index in [1.807, 2.05) is 0 Å². The Morgan fingerprint density at radius 1 is 1.37 bits per heavy atom. The van der Waals surface area contributed by atoms with Gasteiger partial charge in [0.1, 0.15) is 16.8 Å². The average molecular weight is 279 g/mol. The van der Waals surface area contributed by atoms with Gasteiger partial charge in [-0.3, -0.25) is 0 Å². The second-order valence-electron chi connectivity index (χ2n) is 5.73. The summed E-state index contributed by atoms with van der Waals surface area (Å²) in [6, 6.07) is 2.08. The molecule has 19 heavy (non-hydrogen) atoms. The van der Waals surface area contributed by atoms with E-state index in [-0.39, 0.29) is 11.5 Å². The Morgan fingerprint density at radius 2 is 2.05 bits per heavy atom. The van der Waals surface area contributed by atoms with Gasteiger partial charge in [0.05, 0.1) is 5.39 Å². The molecule has 2 aromatic rings. The Kier molecular flexibility index (Phi) is 3.78. The van der Waals surface area contributed by atoms with E-state index >= 15 is 0 Å². The van der Waals surface area contributed by atoms with E-state index in [0.29, 0.717) is 11.6 Å². The minimum atomic E-state index is -0.161. The van der Waals surface area contributed by atoms with Crippen molar-refractivity contribution in [2.75, 3.05) is 12.8 Å². The van der Waals surface area contributed by atoms with Crippen LogP contribution in [0.25, 0.3) is 10.2 Å². The first-order chi connectivity index (χ1) is 8.86. The summed E-state index contributed by atoms with van der Waals surface area (Å²) in [7, 11) is 1.69. The van der Waals surface area contributed by atoms with Gasteiger partial charge in [0.2, 0.25) is 0 Å². The zero-order chi connectivity index (χ0) is 14.2. The first kappa shape index (κ1) is 14.2. The van der Waals surface area contributed by atoms with E-state index in [4.69, 9.17) is 10.5 Å². The normalized spacial score (nSPS) is 13.9. The molecule has 2 heterocycles. The molecule has 2 aromatic heterocycles. The maximum Gasteiger partial charge on any atom is 0.161 e. The van der Waals surface area contributed by atoms with Crippen LogP contribution in [-0.4, -0.2) is 17.1 Å². The molecule has 104 valence electrons. The van der Waals surface area contributed by atoms with Crippen molar-refractivity contribution in [3.8, 4) is 0 Å². The molecule has 4 nitrogen and oxygen atoms in total. The number of hydrogen-bond donors (Lipinski definition) is 1. The molecule has 0 fully saturated rings. The lowest BCUT2D eigenvalue weighted by atomic mass is 9.88. The highest BCUT2D eigenvalue weighted by atomic mass is 32.1. The molecule has 2 N–H and O–H groups in total. The van der Waals surface area contributed by atoms with E-state index in [2.05, 4.69) is 43.7 Å². The molecule has 2 rings (SSSR count). The van der Waals surface area contributed by atoms with Crippen molar-refractivity contribution in [1.82, 2.24) is 9.97 Å². The Morgan fingerprint density at radius 3 is 2.58 bits per heavy atom. The lowest BCUT2D eigenvalue weighted by Gasteiger charge is -2.28. The largest absolute Gasteiger partial charge is 0.383 e. The lowest BCUT2D eigenvalue weighted by Crippen LogP contribution is -2.22. The first-order valence-corrected chi connectivity index (χ1v) is 7.27. The summed E-state index contributed by atoms with van der Waals surface area (Å²) in [6.45, 7) is 8.45. The number of ether oxygens (including phenoxy) is 1. The molecule has 0 aromatic carbocycles. The number of methoxy groups -OCH3 is 1. The Bertz CT molecular complexity index is 586. The van der Waals surface area contributed by atoms with Crippen LogP contribution in [0.15, 0.2) is 6.07 Å². The van der Waals surface area contributed by atoms with Gasteiger partial charge in [0, 0.05) is 12.0 Å². The van der Waals surface area contributed by atoms with Crippen LogP contribution < -0.4 is 5.73 Å². The third-order valence-electron chi connectivity index (χ3n) is 3.10. The summed E-state index contributed by atoms with van der Waals surface area (Å²) in [4.78, 5) is 11.3. The number of hydrogen-bond acceptors (Lipinski definition) is 5. The SMILES string of the molecule is CCc1cc2c(N)nc(C(OC)C(C)(C)C)nc2s1. The van der Waals surface area contributed by atoms with E-state index in [1.54, 1.807) is 18.4 Å². The summed E-state index contributed by atoms with van der Waals surface area (Å²) >= 11 is 1.68. The minimum absolute atomic E-state index is 0.0697. The number of aryl methyl sites for hydroxylation is 1. The maximum atomic E-state index is 6.06. The molecule has 0 saturated heterocycles. The van der Waals surface area contributed by atoms with Crippen molar-refractivity contribution >= 4 is 27.4 Å². The fraction of sp³-hybridized carbons (Fsp3) is 0.571. The smallest absolute Gasteiger partial charge is 0.161 e. The van der Waals surface area contributed by atoms with Gasteiger partial charge in [-0.05, 0) is 17.9 Å². The van der Waals surface area contributed by atoms with E-state index in [0.717, 1.165) is 16.6 Å². The number of nitrogens with two attached hydrogens (primary N) is 1. The number of thiophene rings is 1. The third kappa shape index (κ3) is 2.72. The Hall–Kier alpha value is -1.20. The van der Waals surface area contributed by atoms with Crippen LogP contribution in [-0.2, 0) is 11.2 Å². The van der Waals surface area contributed by atoms with Crippen LogP contribution in [0.5, 0.6) is 0 Å². The van der Waals surface area contributed by atoms with Gasteiger partial charge in [-0.25, -0.2) is 9.97 Å². The lowest BCUT2D eigenvalue weighted by molar-refractivity contribution is 0.00905. The molecule has 0 radical (unpaired) electrons. The highest BCUT2D eigenvalue weighted by Gasteiger charge is 2.29. The number of nitrogens with zero attached hydrogens (tertiary/aromatic N) is 2. The highest BCUT2D eigenvalue weighted by molar-refractivity contribution is 7.18. The molecule has 0 amide bonds. The van der Waals surface area contributed by atoms with E-state index in [1.165, 1.54) is 4.88 Å². The highest BCUT2D eigenvalue weighted by Crippen LogP contribution is 2.36. The fourth-order valence-corrected chi connectivity index (χ4v) is 3.13. The Labute approximate surface area is 118 Å². The quantitative estimate of drug-likeness (QED) is 0.933. The molecule has 0 aliphatic heterocycles. The van der Waals surface area contributed by atoms with Crippen molar-refractivity contribution in [2.45, 2.75) is 40.2 Å². The number of aromatic nitrogens is 2. The molecule has 0 bridgehead atoms. The molecular weight excluding hydrogens is 258 g/mol. The maximum absolute atomic E-state index is 6.06. The fourth-order valence-electron chi connectivity index (χ4n) is 2.15. The summed E-state index contributed by atoms with van der Waals surface area (Å²) in [5.74, 6) is 1.21. The van der Waals surface area contributed by atoms with Crippen LogP contribution in [0.4, 0.5) is 5.82 Å². The zero-order valence-corrected chi connectivity index (χ0v) is 13.0. The van der Waals surface area contributed by atoms with Gasteiger partial charge in [0.15, 0.2) is 5.82 Å². The molecule has 0 aliphatic rings. The summed E-state index contributed by atoms with van der Waals surface area (Å²) in [5.41, 5.74) is 5.99. The second kappa shape index (κ2) is 5.06. The molecule has 0 saturated carbocycles. The van der Waals surface area contributed by atoms with E-state index in [9.17, 15) is 0 Å². The van der Waals surface area contributed by atoms with Crippen molar-refractivity contribution in [3.05, 3.63) is 16.8 Å². The topological polar surface area (TPSA) is 61.0 Å². The van der Waals surface area contributed by atoms with Crippen molar-refractivity contribution < 1.29 is 4.74 Å². The number of fused-ring (bicyclic) bond motifs is 1. The minimum Gasteiger partial charge on any atom is -0.383 e. The molecule has 1 unspecified atom stereocenters. The molecule has 1 atom stereocenters. The first-order valence-electron chi connectivity index (χ1n) is 6.45. The van der Waals surface area contributed by atoms with Gasteiger partial charge in [-0.2, -0.15) is 0 Å². The third-order valence-corrected chi connectivity index (χ3v) is 4.27. The van der Waals surface area contributed by atoms with Crippen LogP contribution in [0.2, 0.25) is 0 Å². The van der Waals surface area contributed by atoms with Crippen LogP contribution in [0.3, 0.4) is 0 Å². The number of anilines is 1. The Balaban J connectivity index is 2.56. The monoisotopic (exact) mass is 279 g/mol. The summed E-state index contributed by atoms with van der Waals surface area (Å²) in [5, 5.41) is 0.953. The van der Waals surface area contributed by atoms with Gasteiger partial charge >= 0.3 is 0 Å². The van der Waals surface area contributed by atoms with E-state index < -0.39 is 0 Å². The van der Waals surface area contributed by atoms with Gasteiger partial charge in [-0.15, -0.1) is 11.3 Å². The van der Waals surface area contributed by atoms with Crippen LogP contribution in [0, 0.1) is 5.41 Å². The second-order valence-corrected chi connectivity index (χ2v) is 6.85. The van der Waals surface area contributed by atoms with Gasteiger partial charge in [-0.1, -0.05) is 27.7 Å². The summed E-state index contributed by atoms with van der Waals surface area (Å²) in [6.07, 6.45) is 0.828. The van der Waals surface area contributed by atoms with Gasteiger partial charge in [0.25, 0.3) is 0 Å². The number of nitrogen functional groups attached to an aromatic ring is 1. The van der Waals surface area contributed by atoms with Crippen molar-refractivity contribution in [3.63, 3.8) is 0 Å². The predicted octanol–water partition coefficient (Wildman–Crippen LogP) is 3.57. The van der Waals surface area contributed by atoms with Crippen molar-refractivity contribution in [2.24, 2.45) is 5.41 Å². The van der Waals surface area contributed by atoms with Crippen molar-refractivity contribution in [1.29, 1.82) is 0 Å². The zero-order valence-electron chi connectivity index (χ0n) is 12.2. The van der Waals surface area contributed by atoms with Crippen LogP contribution in [0.1, 0.15) is 44.5 Å². The number of rotatable bonds is 3. The standard InChI is InChI=1S/C14H21N3OS/c1-6-8-7-9-11(15)16-12(17-13(9)19-8)10(18-5)14(2,3)4/h7,10H,6H2,1-5H3,(H2,15,16,17). The molecule has 5 heteroatoms. The molecule has 0 aliphatic carbocycles. The molecular formula is C14H21N3OS. The summed E-state index contributed by atoms with van der Waals surface area (Å²) < 4.78 is 5.56. The predicted molar refractivity (Wildman–Crippen MR) is 80.4 cm³/mol.